The molecule has 0 N–H and O–H groups in total. The van der Waals surface area contributed by atoms with Crippen molar-refractivity contribution in [1.82, 2.24) is 0 Å². The van der Waals surface area contributed by atoms with Crippen molar-refractivity contribution in [3.8, 4) is 0 Å². The summed E-state index contributed by atoms with van der Waals surface area (Å²) in [6.07, 6.45) is 1.85. The van der Waals surface area contributed by atoms with Crippen LogP contribution in [0.4, 0.5) is 0 Å². The highest BCUT2D eigenvalue weighted by Gasteiger charge is 2.10. The van der Waals surface area contributed by atoms with E-state index in [0.717, 1.165) is 4.88 Å². The van der Waals surface area contributed by atoms with Crippen LogP contribution in [-0.2, 0) is 6.42 Å². The average molecular weight is 227 g/mol. The Kier molecular flexibility index (Phi) is 2.70. The van der Waals surface area contributed by atoms with Crippen LogP contribution in [0.15, 0.2) is 34.9 Å². The summed E-state index contributed by atoms with van der Waals surface area (Å²) in [5.74, 6) is 0.378. The van der Waals surface area contributed by atoms with Crippen molar-refractivity contribution in [1.29, 1.82) is 0 Å². The molecule has 72 valence electrons. The van der Waals surface area contributed by atoms with Gasteiger partial charge in [-0.1, -0.05) is 11.6 Å². The third kappa shape index (κ3) is 2.05. The van der Waals surface area contributed by atoms with E-state index >= 15 is 0 Å². The molecule has 14 heavy (non-hydrogen) atoms. The lowest BCUT2D eigenvalue weighted by Gasteiger charge is -1.92. The molecule has 0 atom stereocenters. The standard InChI is InChI=1S/C10H7ClO2S/c11-10-4-3-7(14-10)6-8(12)9-2-1-5-13-9/h1-5H,6H2. The number of hydrogen-bond acceptors (Lipinski definition) is 3. The summed E-state index contributed by atoms with van der Waals surface area (Å²) in [6.45, 7) is 0. The number of ketones is 1. The normalized spacial score (nSPS) is 10.4. The van der Waals surface area contributed by atoms with Gasteiger partial charge < -0.3 is 4.42 Å². The van der Waals surface area contributed by atoms with Gasteiger partial charge in [-0.15, -0.1) is 11.3 Å². The third-order valence-electron chi connectivity index (χ3n) is 1.76. The minimum atomic E-state index is -0.0199. The summed E-state index contributed by atoms with van der Waals surface area (Å²) in [4.78, 5) is 12.5. The summed E-state index contributed by atoms with van der Waals surface area (Å²) in [6, 6.07) is 7.01. The smallest absolute Gasteiger partial charge is 0.203 e. The van der Waals surface area contributed by atoms with Crippen molar-refractivity contribution in [3.63, 3.8) is 0 Å². The van der Waals surface area contributed by atoms with Gasteiger partial charge in [0, 0.05) is 11.3 Å². The molecule has 0 fully saturated rings. The molecule has 2 nitrogen and oxygen atoms in total. The van der Waals surface area contributed by atoms with E-state index < -0.39 is 0 Å². The molecule has 0 saturated carbocycles. The summed E-state index contributed by atoms with van der Waals surface area (Å²) in [5, 5.41) is 0. The summed E-state index contributed by atoms with van der Waals surface area (Å²) < 4.78 is 5.70. The quantitative estimate of drug-likeness (QED) is 0.751. The minimum absolute atomic E-state index is 0.0199. The zero-order valence-electron chi connectivity index (χ0n) is 7.20. The largest absolute Gasteiger partial charge is 0.461 e. The van der Waals surface area contributed by atoms with Crippen LogP contribution in [0.2, 0.25) is 4.34 Å². The van der Waals surface area contributed by atoms with Gasteiger partial charge in [0.15, 0.2) is 5.76 Å². The number of carbonyl (C=O) groups excluding carboxylic acids is 1. The highest BCUT2D eigenvalue weighted by atomic mass is 35.5. The lowest BCUT2D eigenvalue weighted by molar-refractivity contribution is 0.0967. The summed E-state index contributed by atoms with van der Waals surface area (Å²) >= 11 is 7.17. The van der Waals surface area contributed by atoms with Gasteiger partial charge in [0.05, 0.1) is 10.6 Å². The molecule has 0 saturated heterocycles. The van der Waals surface area contributed by atoms with Gasteiger partial charge in [-0.2, -0.15) is 0 Å². The first kappa shape index (κ1) is 9.49. The predicted molar refractivity (Wildman–Crippen MR) is 56.1 cm³/mol. The van der Waals surface area contributed by atoms with Crippen LogP contribution in [-0.4, -0.2) is 5.78 Å². The zero-order valence-corrected chi connectivity index (χ0v) is 8.77. The Morgan fingerprint density at radius 2 is 2.29 bits per heavy atom. The first-order chi connectivity index (χ1) is 6.75. The highest BCUT2D eigenvalue weighted by Crippen LogP contribution is 2.22. The molecule has 2 aromatic rings. The zero-order chi connectivity index (χ0) is 9.97. The highest BCUT2D eigenvalue weighted by molar-refractivity contribution is 7.16. The number of thiophene rings is 1. The molecular formula is C10H7ClO2S. The molecule has 0 aliphatic carbocycles. The number of rotatable bonds is 3. The van der Waals surface area contributed by atoms with Crippen molar-refractivity contribution in [2.24, 2.45) is 0 Å². The minimum Gasteiger partial charge on any atom is -0.461 e. The number of carbonyl (C=O) groups is 1. The number of halogens is 1. The molecule has 0 aliphatic rings. The van der Waals surface area contributed by atoms with Crippen molar-refractivity contribution in [2.45, 2.75) is 6.42 Å². The van der Waals surface area contributed by atoms with Crippen LogP contribution < -0.4 is 0 Å². The van der Waals surface area contributed by atoms with E-state index in [1.54, 1.807) is 18.2 Å². The molecule has 2 heterocycles. The monoisotopic (exact) mass is 226 g/mol. The van der Waals surface area contributed by atoms with E-state index in [1.165, 1.54) is 17.6 Å². The van der Waals surface area contributed by atoms with Crippen LogP contribution in [0.25, 0.3) is 0 Å². The Bertz CT molecular complexity index is 431. The van der Waals surface area contributed by atoms with Crippen LogP contribution >= 0.6 is 22.9 Å². The Balaban J connectivity index is 2.09. The summed E-state index contributed by atoms with van der Waals surface area (Å²) in [7, 11) is 0. The second-order valence-electron chi connectivity index (χ2n) is 2.78. The lowest BCUT2D eigenvalue weighted by atomic mass is 10.2. The van der Waals surface area contributed by atoms with Crippen molar-refractivity contribution in [2.75, 3.05) is 0 Å². The Hall–Kier alpha value is -1.06. The van der Waals surface area contributed by atoms with Gasteiger partial charge >= 0.3 is 0 Å². The molecule has 2 aromatic heterocycles. The first-order valence-corrected chi connectivity index (χ1v) is 5.26. The van der Waals surface area contributed by atoms with E-state index in [-0.39, 0.29) is 5.78 Å². The predicted octanol–water partition coefficient (Wildman–Crippen LogP) is 3.42. The van der Waals surface area contributed by atoms with Crippen LogP contribution in [0.3, 0.4) is 0 Å². The van der Waals surface area contributed by atoms with Crippen LogP contribution in [0, 0.1) is 0 Å². The molecule has 0 amide bonds. The molecule has 0 spiro atoms. The van der Waals surface area contributed by atoms with Gasteiger partial charge in [-0.3, -0.25) is 4.79 Å². The fourth-order valence-corrected chi connectivity index (χ4v) is 2.22. The second-order valence-corrected chi connectivity index (χ2v) is 4.58. The fourth-order valence-electron chi connectivity index (χ4n) is 1.13. The van der Waals surface area contributed by atoms with E-state index in [1.807, 2.05) is 6.07 Å². The first-order valence-electron chi connectivity index (χ1n) is 4.06. The molecule has 0 unspecified atom stereocenters. The van der Waals surface area contributed by atoms with Crippen molar-refractivity contribution < 1.29 is 9.21 Å². The van der Waals surface area contributed by atoms with Gasteiger partial charge in [0.1, 0.15) is 0 Å². The third-order valence-corrected chi connectivity index (χ3v) is 2.99. The molecule has 0 bridgehead atoms. The number of Topliss-reactive ketones (excluding diaryl/α,β-unsaturated/α-hetero) is 1. The maximum absolute atomic E-state index is 11.6. The van der Waals surface area contributed by atoms with E-state index in [9.17, 15) is 4.79 Å². The van der Waals surface area contributed by atoms with Crippen molar-refractivity contribution in [3.05, 3.63) is 45.5 Å². The van der Waals surface area contributed by atoms with Gasteiger partial charge in [0.25, 0.3) is 0 Å². The fraction of sp³-hybridized carbons (Fsp3) is 0.100. The molecule has 0 aromatic carbocycles. The summed E-state index contributed by atoms with van der Waals surface area (Å²) in [5.41, 5.74) is 0. The van der Waals surface area contributed by atoms with Crippen LogP contribution in [0.5, 0.6) is 0 Å². The molecule has 0 aliphatic heterocycles. The molecule has 4 heteroatoms. The van der Waals surface area contributed by atoms with Gasteiger partial charge in [0.2, 0.25) is 5.78 Å². The van der Waals surface area contributed by atoms with Crippen LogP contribution in [0.1, 0.15) is 15.4 Å². The van der Waals surface area contributed by atoms with Gasteiger partial charge in [-0.25, -0.2) is 0 Å². The lowest BCUT2D eigenvalue weighted by Crippen LogP contribution is -1.99. The van der Waals surface area contributed by atoms with E-state index in [2.05, 4.69) is 0 Å². The average Bonchev–Trinajstić information content (AvgIpc) is 2.75. The second kappa shape index (κ2) is 3.98. The van der Waals surface area contributed by atoms with Crippen molar-refractivity contribution >= 4 is 28.7 Å². The molecule has 0 radical (unpaired) electrons. The Morgan fingerprint density at radius 3 is 2.86 bits per heavy atom. The molecular weight excluding hydrogens is 220 g/mol. The van der Waals surface area contributed by atoms with Gasteiger partial charge in [-0.05, 0) is 24.3 Å². The Morgan fingerprint density at radius 1 is 1.43 bits per heavy atom. The van der Waals surface area contributed by atoms with E-state index in [0.29, 0.717) is 16.5 Å². The maximum Gasteiger partial charge on any atom is 0.203 e. The number of furan rings is 1. The van der Waals surface area contributed by atoms with E-state index in [4.69, 9.17) is 16.0 Å². The number of hydrogen-bond donors (Lipinski definition) is 0. The SMILES string of the molecule is O=C(Cc1ccc(Cl)s1)c1ccco1. The Labute approximate surface area is 90.1 Å². The maximum atomic E-state index is 11.6. The topological polar surface area (TPSA) is 30.2 Å². The molecule has 2 rings (SSSR count).